The molecule has 3 N–H and O–H groups in total. The molecule has 4 saturated carbocycles. The first-order chi connectivity index (χ1) is 15.1. The maximum atomic E-state index is 11.7. The topological polar surface area (TPSA) is 60.7 Å². The van der Waals surface area contributed by atoms with E-state index in [4.69, 9.17) is 0 Å². The third kappa shape index (κ3) is 3.61. The van der Waals surface area contributed by atoms with Gasteiger partial charge in [0.05, 0.1) is 17.8 Å². The molecule has 10 atom stereocenters. The molecule has 9 unspecified atom stereocenters. The highest BCUT2D eigenvalue weighted by atomic mass is 16.3. The first-order valence-corrected chi connectivity index (χ1v) is 13.7. The summed E-state index contributed by atoms with van der Waals surface area (Å²) >= 11 is 0. The van der Waals surface area contributed by atoms with Gasteiger partial charge >= 0.3 is 0 Å². The molecule has 3 nitrogen and oxygen atoms in total. The highest BCUT2D eigenvalue weighted by Gasteiger charge is 2.71. The fourth-order valence-electron chi connectivity index (χ4n) is 9.92. The van der Waals surface area contributed by atoms with E-state index in [1.165, 1.54) is 5.57 Å². The summed E-state index contributed by atoms with van der Waals surface area (Å²) in [5.74, 6) is 1.12. The lowest BCUT2D eigenvalue weighted by Crippen LogP contribution is -2.66. The van der Waals surface area contributed by atoms with E-state index in [2.05, 4.69) is 61.0 Å². The van der Waals surface area contributed by atoms with Gasteiger partial charge in [-0.3, -0.25) is 0 Å². The molecule has 1 radical (unpaired) electrons. The van der Waals surface area contributed by atoms with E-state index in [0.717, 1.165) is 51.4 Å². The maximum Gasteiger partial charge on any atom is 0.0654 e. The molecule has 0 aliphatic heterocycles. The number of allylic oxidation sites excluding steroid dienone is 2. The van der Waals surface area contributed by atoms with Crippen molar-refractivity contribution in [2.24, 2.45) is 45.3 Å². The maximum absolute atomic E-state index is 11.7. The lowest BCUT2D eigenvalue weighted by atomic mass is 9.35. The van der Waals surface area contributed by atoms with E-state index >= 15 is 0 Å². The molecule has 4 rings (SSSR count). The molecule has 0 heterocycles. The molecule has 4 aliphatic rings. The average Bonchev–Trinajstić information content (AvgIpc) is 3.08. The van der Waals surface area contributed by atoms with Crippen molar-refractivity contribution in [1.82, 2.24) is 0 Å². The summed E-state index contributed by atoms with van der Waals surface area (Å²) in [7, 11) is 0. The van der Waals surface area contributed by atoms with Gasteiger partial charge in [-0.2, -0.15) is 0 Å². The molecule has 0 bridgehead atoms. The van der Waals surface area contributed by atoms with Crippen LogP contribution in [0.25, 0.3) is 0 Å². The number of hydrogen-bond donors (Lipinski definition) is 3. The van der Waals surface area contributed by atoms with Gasteiger partial charge in [0.1, 0.15) is 0 Å². The Morgan fingerprint density at radius 3 is 2.33 bits per heavy atom. The second-order valence-electron chi connectivity index (χ2n) is 14.3. The van der Waals surface area contributed by atoms with Crippen LogP contribution in [-0.4, -0.2) is 33.1 Å². The van der Waals surface area contributed by atoms with Crippen LogP contribution in [0.4, 0.5) is 0 Å². The Labute approximate surface area is 203 Å². The van der Waals surface area contributed by atoms with E-state index in [9.17, 15) is 15.3 Å². The van der Waals surface area contributed by atoms with Gasteiger partial charge in [0.25, 0.3) is 0 Å². The van der Waals surface area contributed by atoms with Crippen LogP contribution in [0.5, 0.6) is 0 Å². The van der Waals surface area contributed by atoms with Gasteiger partial charge in [-0.05, 0) is 124 Å². The normalized spacial score (nSPS) is 50.5. The molecule has 0 saturated heterocycles. The Balaban J connectivity index is 1.66. The van der Waals surface area contributed by atoms with E-state index in [0.29, 0.717) is 11.8 Å². The van der Waals surface area contributed by atoms with Crippen LogP contribution in [0.15, 0.2) is 11.6 Å². The lowest BCUT2D eigenvalue weighted by Gasteiger charge is -2.70. The zero-order valence-electron chi connectivity index (χ0n) is 22.6. The molecule has 0 aromatic carbocycles. The molecule has 4 fully saturated rings. The summed E-state index contributed by atoms with van der Waals surface area (Å²) in [5, 5.41) is 34.2. The van der Waals surface area contributed by atoms with Crippen molar-refractivity contribution >= 4 is 0 Å². The standard InChI is InChI=1S/C30H51O3/c1-19(2)10-9-14-30(8,33)20-11-16-29(7)25(20)21(31)18-23-27(5)15-13-24(32)26(3,4)22(27)12-17-28(23,29)6/h10,12,20-25,31-33H,9,11,13-18H2,1-8H3/t20?,21?,22?,23?,24-,25?,27?,28?,29?,30?/m0/s1. The van der Waals surface area contributed by atoms with Crippen LogP contribution >= 0.6 is 0 Å². The second-order valence-corrected chi connectivity index (χ2v) is 14.3. The summed E-state index contributed by atoms with van der Waals surface area (Å²) in [5.41, 5.74) is 0.672. The third-order valence-corrected chi connectivity index (χ3v) is 12.0. The fraction of sp³-hybridized carbons (Fsp3) is 0.900. The molecule has 3 heteroatoms. The predicted molar refractivity (Wildman–Crippen MR) is 135 cm³/mol. The summed E-state index contributed by atoms with van der Waals surface area (Å²) in [4.78, 5) is 0. The van der Waals surface area contributed by atoms with E-state index < -0.39 is 5.60 Å². The third-order valence-electron chi connectivity index (χ3n) is 12.0. The van der Waals surface area contributed by atoms with Crippen molar-refractivity contribution in [2.75, 3.05) is 0 Å². The molecule has 4 aliphatic carbocycles. The summed E-state index contributed by atoms with van der Waals surface area (Å²) in [6.45, 7) is 18.2. The fourth-order valence-corrected chi connectivity index (χ4v) is 9.92. The smallest absolute Gasteiger partial charge is 0.0654 e. The molecule has 0 spiro atoms. The molecule has 33 heavy (non-hydrogen) atoms. The van der Waals surface area contributed by atoms with Crippen LogP contribution in [0.1, 0.15) is 107 Å². The van der Waals surface area contributed by atoms with Crippen LogP contribution in [0.2, 0.25) is 0 Å². The average molecular weight is 460 g/mol. The number of hydrogen-bond acceptors (Lipinski definition) is 3. The molecular formula is C30H51O3. The highest BCUT2D eigenvalue weighted by Crippen LogP contribution is 2.75. The quantitative estimate of drug-likeness (QED) is 0.431. The van der Waals surface area contributed by atoms with Gasteiger partial charge in [-0.1, -0.05) is 46.3 Å². The van der Waals surface area contributed by atoms with E-state index in [-0.39, 0.29) is 45.7 Å². The Morgan fingerprint density at radius 1 is 1.03 bits per heavy atom. The molecule has 0 amide bonds. The number of aliphatic hydroxyl groups is 3. The van der Waals surface area contributed by atoms with E-state index in [1.807, 2.05) is 6.92 Å². The molecule has 0 aromatic rings. The van der Waals surface area contributed by atoms with Gasteiger partial charge in [0, 0.05) is 0 Å². The van der Waals surface area contributed by atoms with Crippen molar-refractivity contribution in [3.05, 3.63) is 18.1 Å². The Bertz CT molecular complexity index is 779. The monoisotopic (exact) mass is 459 g/mol. The van der Waals surface area contributed by atoms with Gasteiger partial charge in [0.15, 0.2) is 0 Å². The molecule has 189 valence electrons. The number of rotatable bonds is 4. The number of aliphatic hydroxyl groups excluding tert-OH is 2. The van der Waals surface area contributed by atoms with Crippen LogP contribution in [0.3, 0.4) is 0 Å². The van der Waals surface area contributed by atoms with Gasteiger partial charge in [-0.25, -0.2) is 0 Å². The summed E-state index contributed by atoms with van der Waals surface area (Å²) in [6, 6.07) is 0. The van der Waals surface area contributed by atoms with Crippen molar-refractivity contribution in [2.45, 2.75) is 125 Å². The summed E-state index contributed by atoms with van der Waals surface area (Å²) in [6.07, 6.45) is 11.7. The SMILES string of the molecule is CC(C)=CCCC(C)(O)C1CCC2(C)C1C(O)CC1C3(C)CC[C@H](O)C(C)(C)C3[CH]CC12C. The van der Waals surface area contributed by atoms with Crippen molar-refractivity contribution < 1.29 is 15.3 Å². The van der Waals surface area contributed by atoms with Crippen molar-refractivity contribution in [3.63, 3.8) is 0 Å². The number of fused-ring (bicyclic) bond motifs is 5. The predicted octanol–water partition coefficient (Wildman–Crippen LogP) is 6.31. The minimum Gasteiger partial charge on any atom is -0.393 e. The molecular weight excluding hydrogens is 408 g/mol. The Hall–Kier alpha value is -0.380. The first kappa shape index (κ1) is 25.7. The van der Waals surface area contributed by atoms with Gasteiger partial charge in [-0.15, -0.1) is 0 Å². The Kier molecular flexibility index (Phi) is 6.28. The first-order valence-electron chi connectivity index (χ1n) is 13.7. The van der Waals surface area contributed by atoms with Crippen LogP contribution in [0, 0.1) is 51.8 Å². The zero-order chi connectivity index (χ0) is 24.6. The van der Waals surface area contributed by atoms with Gasteiger partial charge in [0.2, 0.25) is 0 Å². The van der Waals surface area contributed by atoms with Crippen molar-refractivity contribution in [1.29, 1.82) is 0 Å². The highest BCUT2D eigenvalue weighted by molar-refractivity contribution is 5.23. The van der Waals surface area contributed by atoms with Crippen LogP contribution in [-0.2, 0) is 0 Å². The summed E-state index contributed by atoms with van der Waals surface area (Å²) < 4.78 is 0. The lowest BCUT2D eigenvalue weighted by molar-refractivity contribution is -0.232. The molecule has 0 aromatic heterocycles. The van der Waals surface area contributed by atoms with E-state index in [1.54, 1.807) is 0 Å². The van der Waals surface area contributed by atoms with Gasteiger partial charge < -0.3 is 15.3 Å². The minimum atomic E-state index is -0.750. The van der Waals surface area contributed by atoms with Crippen LogP contribution < -0.4 is 0 Å². The van der Waals surface area contributed by atoms with Crippen molar-refractivity contribution in [3.8, 4) is 0 Å². The Morgan fingerprint density at radius 2 is 1.70 bits per heavy atom. The minimum absolute atomic E-state index is 0.0190. The largest absolute Gasteiger partial charge is 0.393 e. The second kappa shape index (κ2) is 8.07. The zero-order valence-corrected chi connectivity index (χ0v) is 22.6.